The van der Waals surface area contributed by atoms with E-state index >= 15 is 0 Å². The molecule has 0 radical (unpaired) electrons. The van der Waals surface area contributed by atoms with Gasteiger partial charge in [-0.05, 0) is 60.3 Å². The van der Waals surface area contributed by atoms with Gasteiger partial charge in [-0.3, -0.25) is 15.4 Å². The number of amides is 3. The molecule has 0 spiro atoms. The zero-order chi connectivity index (χ0) is 19.1. The number of imide groups is 1. The molecule has 0 bridgehead atoms. The number of ether oxygens (including phenoxy) is 1. The molecule has 0 aliphatic heterocycles. The van der Waals surface area contributed by atoms with Crippen molar-refractivity contribution < 1.29 is 14.3 Å². The van der Waals surface area contributed by atoms with Crippen LogP contribution in [0.2, 0.25) is 0 Å². The van der Waals surface area contributed by atoms with E-state index in [0.29, 0.717) is 0 Å². The van der Waals surface area contributed by atoms with Crippen LogP contribution in [0.25, 0.3) is 0 Å². The highest BCUT2D eigenvalue weighted by Gasteiger charge is 2.21. The lowest BCUT2D eigenvalue weighted by Crippen LogP contribution is -2.50. The second kappa shape index (κ2) is 9.92. The van der Waals surface area contributed by atoms with E-state index in [9.17, 15) is 9.59 Å². The Bertz CT molecular complexity index is 632. The van der Waals surface area contributed by atoms with Crippen LogP contribution >= 0.6 is 15.9 Å². The molecule has 1 aromatic rings. The van der Waals surface area contributed by atoms with Gasteiger partial charge in [-0.25, -0.2) is 4.79 Å². The summed E-state index contributed by atoms with van der Waals surface area (Å²) in [6.45, 7) is 3.72. The number of nitrogens with one attached hydrogen (secondary N) is 3. The first-order chi connectivity index (χ1) is 12.4. The number of carbonyl (C=O) groups is 2. The second-order valence-electron chi connectivity index (χ2n) is 6.80. The van der Waals surface area contributed by atoms with Crippen molar-refractivity contribution in [1.82, 2.24) is 16.0 Å². The molecule has 26 heavy (non-hydrogen) atoms. The predicted octanol–water partition coefficient (Wildman–Crippen LogP) is 3.66. The molecule has 2 atom stereocenters. The van der Waals surface area contributed by atoms with Crippen LogP contribution in [0.4, 0.5) is 4.79 Å². The lowest BCUT2D eigenvalue weighted by atomic mass is 9.96. The number of benzene rings is 1. The van der Waals surface area contributed by atoms with Crippen LogP contribution in [0.1, 0.15) is 57.6 Å². The first-order valence-corrected chi connectivity index (χ1v) is 9.91. The lowest BCUT2D eigenvalue weighted by Gasteiger charge is -2.24. The van der Waals surface area contributed by atoms with Crippen LogP contribution in [0.3, 0.4) is 0 Å². The summed E-state index contributed by atoms with van der Waals surface area (Å²) in [5, 5.41) is 8.54. The van der Waals surface area contributed by atoms with Crippen LogP contribution in [0.5, 0.6) is 5.75 Å². The molecule has 3 amide bonds. The van der Waals surface area contributed by atoms with Gasteiger partial charge in [-0.2, -0.15) is 0 Å². The smallest absolute Gasteiger partial charge is 0.321 e. The highest BCUT2D eigenvalue weighted by atomic mass is 79.9. The summed E-state index contributed by atoms with van der Waals surface area (Å²) in [6, 6.07) is 4.99. The zero-order valence-corrected chi connectivity index (χ0v) is 17.2. The van der Waals surface area contributed by atoms with Gasteiger partial charge in [0, 0.05) is 12.1 Å². The van der Waals surface area contributed by atoms with Crippen LogP contribution in [-0.2, 0) is 4.79 Å². The molecule has 7 heteroatoms. The van der Waals surface area contributed by atoms with Crippen molar-refractivity contribution in [2.45, 2.75) is 64.1 Å². The average Bonchev–Trinajstić information content (AvgIpc) is 2.62. The minimum atomic E-state index is -0.497. The molecule has 1 aliphatic rings. The Morgan fingerprint density at radius 2 is 1.88 bits per heavy atom. The zero-order valence-electron chi connectivity index (χ0n) is 15.6. The van der Waals surface area contributed by atoms with Crippen molar-refractivity contribution >= 4 is 27.9 Å². The Balaban J connectivity index is 1.83. The highest BCUT2D eigenvalue weighted by molar-refractivity contribution is 9.10. The number of hydrogen-bond donors (Lipinski definition) is 3. The van der Waals surface area contributed by atoms with Crippen LogP contribution in [0, 0.1) is 0 Å². The van der Waals surface area contributed by atoms with Gasteiger partial charge in [-0.15, -0.1) is 0 Å². The van der Waals surface area contributed by atoms with Gasteiger partial charge in [0.25, 0.3) is 0 Å². The molecule has 1 aliphatic carbocycles. The van der Waals surface area contributed by atoms with E-state index in [4.69, 9.17) is 4.74 Å². The number of methoxy groups -OCH3 is 1. The number of urea groups is 1. The molecule has 3 N–H and O–H groups in total. The third kappa shape index (κ3) is 5.99. The molecule has 2 rings (SSSR count). The SMILES string of the molecule is COc1ccc([C@@H](C)N[C@@H](C)C(=O)NC(=O)NC2CCCCC2)cc1Br. The number of rotatable bonds is 6. The van der Waals surface area contributed by atoms with Crippen molar-refractivity contribution in [3.63, 3.8) is 0 Å². The maximum Gasteiger partial charge on any atom is 0.321 e. The summed E-state index contributed by atoms with van der Waals surface area (Å²) < 4.78 is 6.09. The monoisotopic (exact) mass is 425 g/mol. The van der Waals surface area contributed by atoms with Crippen molar-refractivity contribution in [3.05, 3.63) is 28.2 Å². The molecular weight excluding hydrogens is 398 g/mol. The fourth-order valence-corrected chi connectivity index (χ4v) is 3.75. The Morgan fingerprint density at radius 1 is 1.19 bits per heavy atom. The van der Waals surface area contributed by atoms with Crippen LogP contribution in [-0.4, -0.2) is 31.1 Å². The van der Waals surface area contributed by atoms with E-state index in [1.807, 2.05) is 25.1 Å². The predicted molar refractivity (Wildman–Crippen MR) is 105 cm³/mol. The van der Waals surface area contributed by atoms with Crippen LogP contribution in [0.15, 0.2) is 22.7 Å². The van der Waals surface area contributed by atoms with Gasteiger partial charge in [0.2, 0.25) is 5.91 Å². The van der Waals surface area contributed by atoms with E-state index in [1.165, 1.54) is 6.42 Å². The van der Waals surface area contributed by atoms with Gasteiger partial charge >= 0.3 is 6.03 Å². The third-order valence-corrected chi connectivity index (χ3v) is 5.37. The number of halogens is 1. The first-order valence-electron chi connectivity index (χ1n) is 9.11. The molecule has 0 aromatic heterocycles. The maximum absolute atomic E-state index is 12.3. The number of hydrogen-bond acceptors (Lipinski definition) is 4. The average molecular weight is 426 g/mol. The summed E-state index contributed by atoms with van der Waals surface area (Å²) in [7, 11) is 1.62. The Hall–Kier alpha value is -1.60. The van der Waals surface area contributed by atoms with Gasteiger partial charge in [0.15, 0.2) is 0 Å². The second-order valence-corrected chi connectivity index (χ2v) is 7.66. The maximum atomic E-state index is 12.3. The van der Waals surface area contributed by atoms with E-state index in [1.54, 1.807) is 14.0 Å². The summed E-state index contributed by atoms with van der Waals surface area (Å²) >= 11 is 3.47. The summed E-state index contributed by atoms with van der Waals surface area (Å²) in [4.78, 5) is 24.3. The normalized spacial score (nSPS) is 17.2. The van der Waals surface area contributed by atoms with E-state index in [-0.39, 0.29) is 18.0 Å². The Labute approximate surface area is 163 Å². The largest absolute Gasteiger partial charge is 0.496 e. The summed E-state index contributed by atoms with van der Waals surface area (Å²) in [5.41, 5.74) is 1.02. The third-order valence-electron chi connectivity index (χ3n) is 4.75. The molecular formula is C19H28BrN3O3. The fraction of sp³-hybridized carbons (Fsp3) is 0.579. The standard InChI is InChI=1S/C19H28BrN3O3/c1-12(14-9-10-17(26-3)16(20)11-14)21-13(2)18(24)23-19(25)22-15-7-5-4-6-8-15/h9-13,15,21H,4-8H2,1-3H3,(H2,22,23,24,25)/t12-,13+/m1/s1. The first kappa shape index (κ1) is 20.7. The highest BCUT2D eigenvalue weighted by Crippen LogP contribution is 2.28. The minimum Gasteiger partial charge on any atom is -0.496 e. The molecule has 0 saturated heterocycles. The molecule has 144 valence electrons. The van der Waals surface area contributed by atoms with Crippen molar-refractivity contribution in [2.24, 2.45) is 0 Å². The van der Waals surface area contributed by atoms with Gasteiger partial charge in [0.1, 0.15) is 5.75 Å². The number of carbonyl (C=O) groups excluding carboxylic acids is 2. The Morgan fingerprint density at radius 3 is 2.50 bits per heavy atom. The quantitative estimate of drug-likeness (QED) is 0.649. The van der Waals surface area contributed by atoms with Crippen molar-refractivity contribution in [3.8, 4) is 5.75 Å². The van der Waals surface area contributed by atoms with Crippen LogP contribution < -0.4 is 20.7 Å². The van der Waals surface area contributed by atoms with Crippen molar-refractivity contribution in [2.75, 3.05) is 7.11 Å². The van der Waals surface area contributed by atoms with E-state index in [2.05, 4.69) is 31.9 Å². The molecule has 6 nitrogen and oxygen atoms in total. The van der Waals surface area contributed by atoms with Gasteiger partial charge in [-0.1, -0.05) is 25.3 Å². The van der Waals surface area contributed by atoms with E-state index in [0.717, 1.165) is 41.5 Å². The van der Waals surface area contributed by atoms with E-state index < -0.39 is 12.1 Å². The molecule has 1 saturated carbocycles. The van der Waals surface area contributed by atoms with Crippen molar-refractivity contribution in [1.29, 1.82) is 0 Å². The molecule has 1 aromatic carbocycles. The summed E-state index contributed by atoms with van der Waals surface area (Å²) in [6.07, 6.45) is 5.45. The minimum absolute atomic E-state index is 0.0561. The fourth-order valence-electron chi connectivity index (χ4n) is 3.19. The Kier molecular flexibility index (Phi) is 7.90. The molecule has 0 unspecified atom stereocenters. The molecule has 0 heterocycles. The summed E-state index contributed by atoms with van der Waals surface area (Å²) in [5.74, 6) is 0.420. The topological polar surface area (TPSA) is 79.5 Å². The van der Waals surface area contributed by atoms with Gasteiger partial charge in [0.05, 0.1) is 17.6 Å². The lowest BCUT2D eigenvalue weighted by molar-refractivity contribution is -0.121. The van der Waals surface area contributed by atoms with Gasteiger partial charge < -0.3 is 10.1 Å². The molecule has 1 fully saturated rings.